The van der Waals surface area contributed by atoms with E-state index in [0.717, 1.165) is 31.5 Å². The van der Waals surface area contributed by atoms with Crippen molar-refractivity contribution in [3.8, 4) is 0 Å². The highest BCUT2D eigenvalue weighted by Crippen LogP contribution is 2.10. The zero-order valence-electron chi connectivity index (χ0n) is 11.1. The molecule has 98 valence electrons. The van der Waals surface area contributed by atoms with Crippen molar-refractivity contribution in [2.45, 2.75) is 19.8 Å². The first kappa shape index (κ1) is 14.5. The predicted octanol–water partition coefficient (Wildman–Crippen LogP) is 2.83. The van der Waals surface area contributed by atoms with Gasteiger partial charge in [-0.1, -0.05) is 23.8 Å². The van der Waals surface area contributed by atoms with E-state index >= 15 is 0 Å². The number of likely N-dealkylation sites (N-methyl/N-ethyl adjacent to an activating group) is 1. The summed E-state index contributed by atoms with van der Waals surface area (Å²) in [6, 6.07) is 7.19. The minimum Gasteiger partial charge on any atom is -0.478 e. The number of rotatable bonds is 7. The van der Waals surface area contributed by atoms with Crippen LogP contribution in [0.15, 0.2) is 36.4 Å². The molecule has 1 rings (SSSR count). The third-order valence-corrected chi connectivity index (χ3v) is 2.93. The lowest BCUT2D eigenvalue weighted by atomic mass is 10.0. The van der Waals surface area contributed by atoms with Crippen LogP contribution < -0.4 is 0 Å². The number of nitrogens with zero attached hydrogens (tertiary/aromatic N) is 1. The van der Waals surface area contributed by atoms with Crippen LogP contribution in [0.1, 0.15) is 29.3 Å². The van der Waals surface area contributed by atoms with E-state index in [4.69, 9.17) is 5.11 Å². The van der Waals surface area contributed by atoms with Crippen LogP contribution >= 0.6 is 0 Å². The molecule has 0 spiro atoms. The molecule has 1 aromatic carbocycles. The monoisotopic (exact) mass is 247 g/mol. The molecule has 0 aliphatic heterocycles. The van der Waals surface area contributed by atoms with Crippen molar-refractivity contribution in [2.75, 3.05) is 20.1 Å². The summed E-state index contributed by atoms with van der Waals surface area (Å²) in [4.78, 5) is 13.3. The third kappa shape index (κ3) is 4.72. The van der Waals surface area contributed by atoms with Gasteiger partial charge in [0.2, 0.25) is 0 Å². The van der Waals surface area contributed by atoms with Gasteiger partial charge in [0.1, 0.15) is 0 Å². The Morgan fingerprint density at radius 1 is 1.33 bits per heavy atom. The van der Waals surface area contributed by atoms with Crippen LogP contribution in [0.2, 0.25) is 0 Å². The summed E-state index contributed by atoms with van der Waals surface area (Å²) in [5.74, 6) is -0.852. The van der Waals surface area contributed by atoms with Crippen molar-refractivity contribution in [3.63, 3.8) is 0 Å². The highest BCUT2D eigenvalue weighted by Gasteiger charge is 2.09. The fraction of sp³-hybridized carbons (Fsp3) is 0.400. The highest BCUT2D eigenvalue weighted by atomic mass is 16.4. The Kier molecular flexibility index (Phi) is 5.59. The van der Waals surface area contributed by atoms with Gasteiger partial charge in [-0.05, 0) is 38.4 Å². The number of carbonyl (C=O) groups is 1. The zero-order valence-corrected chi connectivity index (χ0v) is 11.1. The van der Waals surface area contributed by atoms with Crippen molar-refractivity contribution >= 4 is 5.97 Å². The number of carboxylic acids is 1. The molecule has 0 aliphatic carbocycles. The molecule has 0 aliphatic rings. The second-order valence-electron chi connectivity index (χ2n) is 4.72. The summed E-state index contributed by atoms with van der Waals surface area (Å²) in [6.07, 6.45) is 1.74. The lowest BCUT2D eigenvalue weighted by Gasteiger charge is -2.17. The Balaban J connectivity index is 2.53. The van der Waals surface area contributed by atoms with Crippen LogP contribution in [0.3, 0.4) is 0 Å². The van der Waals surface area contributed by atoms with Gasteiger partial charge in [0.05, 0.1) is 5.56 Å². The number of aromatic carboxylic acids is 1. The van der Waals surface area contributed by atoms with E-state index in [1.165, 1.54) is 5.57 Å². The Bertz CT molecular complexity index is 426. The first-order valence-corrected chi connectivity index (χ1v) is 6.15. The molecular formula is C15H21NO2. The molecule has 0 heterocycles. The van der Waals surface area contributed by atoms with Gasteiger partial charge in [0, 0.05) is 13.1 Å². The van der Waals surface area contributed by atoms with Gasteiger partial charge < -0.3 is 10.0 Å². The predicted molar refractivity (Wildman–Crippen MR) is 74.0 cm³/mol. The minimum atomic E-state index is -0.852. The number of carboxylic acid groups (broad SMARTS) is 1. The fourth-order valence-electron chi connectivity index (χ4n) is 1.75. The molecule has 3 nitrogen and oxygen atoms in total. The van der Waals surface area contributed by atoms with E-state index < -0.39 is 5.97 Å². The normalized spacial score (nSPS) is 10.6. The molecule has 0 unspecified atom stereocenters. The average Bonchev–Trinajstić information content (AvgIpc) is 2.34. The first-order chi connectivity index (χ1) is 8.50. The summed E-state index contributed by atoms with van der Waals surface area (Å²) in [5.41, 5.74) is 2.48. The first-order valence-electron chi connectivity index (χ1n) is 6.15. The quantitative estimate of drug-likeness (QED) is 0.753. The molecule has 0 amide bonds. The summed E-state index contributed by atoms with van der Waals surface area (Å²) in [6.45, 7) is 7.72. The zero-order chi connectivity index (χ0) is 13.5. The van der Waals surface area contributed by atoms with Crippen LogP contribution in [-0.2, 0) is 6.42 Å². The molecule has 0 radical (unpaired) electrons. The van der Waals surface area contributed by atoms with Gasteiger partial charge in [0.25, 0.3) is 0 Å². The van der Waals surface area contributed by atoms with Gasteiger partial charge in [-0.25, -0.2) is 4.79 Å². The van der Waals surface area contributed by atoms with Crippen molar-refractivity contribution in [1.82, 2.24) is 4.90 Å². The smallest absolute Gasteiger partial charge is 0.335 e. The van der Waals surface area contributed by atoms with Crippen LogP contribution in [-0.4, -0.2) is 36.1 Å². The van der Waals surface area contributed by atoms with E-state index in [2.05, 4.69) is 11.5 Å². The van der Waals surface area contributed by atoms with Crippen molar-refractivity contribution in [2.24, 2.45) is 0 Å². The average molecular weight is 247 g/mol. The topological polar surface area (TPSA) is 40.5 Å². The van der Waals surface area contributed by atoms with Gasteiger partial charge in [-0.2, -0.15) is 0 Å². The molecular weight excluding hydrogens is 226 g/mol. The molecule has 0 bridgehead atoms. The van der Waals surface area contributed by atoms with E-state index in [-0.39, 0.29) is 0 Å². The maximum Gasteiger partial charge on any atom is 0.335 e. The van der Waals surface area contributed by atoms with Crippen molar-refractivity contribution < 1.29 is 9.90 Å². The molecule has 1 aromatic rings. The largest absolute Gasteiger partial charge is 0.478 e. The molecule has 1 N–H and O–H groups in total. The maximum absolute atomic E-state index is 11.1. The highest BCUT2D eigenvalue weighted by molar-refractivity contribution is 5.89. The summed E-state index contributed by atoms with van der Waals surface area (Å²) < 4.78 is 0. The summed E-state index contributed by atoms with van der Waals surface area (Å²) in [5, 5.41) is 9.08. The molecule has 0 atom stereocenters. The molecule has 0 fully saturated rings. The van der Waals surface area contributed by atoms with Gasteiger partial charge >= 0.3 is 5.97 Å². The SMILES string of the molecule is C=C(C)CCN(C)CCc1ccccc1C(=O)O. The van der Waals surface area contributed by atoms with E-state index in [1.807, 2.05) is 26.1 Å². The number of hydrogen-bond donors (Lipinski definition) is 1. The lowest BCUT2D eigenvalue weighted by Crippen LogP contribution is -2.23. The molecule has 3 heteroatoms. The number of benzene rings is 1. The van der Waals surface area contributed by atoms with E-state index in [9.17, 15) is 4.79 Å². The number of hydrogen-bond acceptors (Lipinski definition) is 2. The van der Waals surface area contributed by atoms with Gasteiger partial charge in [-0.3, -0.25) is 0 Å². The Morgan fingerprint density at radius 2 is 2.00 bits per heavy atom. The van der Waals surface area contributed by atoms with Crippen LogP contribution in [0.25, 0.3) is 0 Å². The minimum absolute atomic E-state index is 0.408. The Labute approximate surface area is 109 Å². The van der Waals surface area contributed by atoms with Crippen molar-refractivity contribution in [1.29, 1.82) is 0 Å². The van der Waals surface area contributed by atoms with Crippen LogP contribution in [0, 0.1) is 0 Å². The van der Waals surface area contributed by atoms with Crippen LogP contribution in [0.4, 0.5) is 0 Å². The lowest BCUT2D eigenvalue weighted by molar-refractivity contribution is 0.0695. The van der Waals surface area contributed by atoms with Gasteiger partial charge in [-0.15, -0.1) is 6.58 Å². The van der Waals surface area contributed by atoms with E-state index in [0.29, 0.717) is 5.56 Å². The van der Waals surface area contributed by atoms with Gasteiger partial charge in [0.15, 0.2) is 0 Å². The fourth-order valence-corrected chi connectivity index (χ4v) is 1.75. The Morgan fingerprint density at radius 3 is 2.61 bits per heavy atom. The second-order valence-corrected chi connectivity index (χ2v) is 4.72. The second kappa shape index (κ2) is 6.97. The molecule has 0 aromatic heterocycles. The molecule has 0 saturated carbocycles. The summed E-state index contributed by atoms with van der Waals surface area (Å²) in [7, 11) is 2.05. The van der Waals surface area contributed by atoms with Crippen molar-refractivity contribution in [3.05, 3.63) is 47.5 Å². The summed E-state index contributed by atoms with van der Waals surface area (Å²) >= 11 is 0. The third-order valence-electron chi connectivity index (χ3n) is 2.93. The van der Waals surface area contributed by atoms with E-state index in [1.54, 1.807) is 12.1 Å². The molecule has 18 heavy (non-hydrogen) atoms. The standard InChI is InChI=1S/C15H21NO2/c1-12(2)8-10-16(3)11-9-13-6-4-5-7-14(13)15(17)18/h4-7H,1,8-11H2,2-3H3,(H,17,18). The maximum atomic E-state index is 11.1. The Hall–Kier alpha value is -1.61. The van der Waals surface area contributed by atoms with Crippen LogP contribution in [0.5, 0.6) is 0 Å². The molecule has 0 saturated heterocycles.